The number of nitrogens with zero attached hydrogens (tertiary/aromatic N) is 1. The van der Waals surface area contributed by atoms with E-state index >= 15 is 0 Å². The molecule has 3 N–H and O–H groups in total. The SMILES string of the molecule is [NH-]S(=O)([O-])(CCN)c1ccc(Cl)c2ccncc12. The van der Waals surface area contributed by atoms with Gasteiger partial charge in [-0.05, 0) is 18.2 Å². The van der Waals surface area contributed by atoms with Gasteiger partial charge in [-0.15, -0.1) is 0 Å². The van der Waals surface area contributed by atoms with Gasteiger partial charge in [0.05, 0.1) is 0 Å². The van der Waals surface area contributed by atoms with Crippen LogP contribution in [-0.2, 0) is 9.53 Å². The molecular weight excluding hydrogens is 274 g/mol. The van der Waals surface area contributed by atoms with Crippen LogP contribution in [0.2, 0.25) is 5.02 Å². The third-order valence-corrected chi connectivity index (χ3v) is 5.21. The second-order valence-corrected chi connectivity index (χ2v) is 7.30. The number of sulfonamides is 2. The Morgan fingerprint density at radius 2 is 2.11 bits per heavy atom. The van der Waals surface area contributed by atoms with Gasteiger partial charge in [0.2, 0.25) is 0 Å². The summed E-state index contributed by atoms with van der Waals surface area (Å²) in [6.07, 6.45) is 2.92. The smallest absolute Gasteiger partial charge is 0.0486 e. The molecule has 7 heteroatoms. The number of sulfone groups is 1. The van der Waals surface area contributed by atoms with Gasteiger partial charge in [-0.3, -0.25) is 9.19 Å². The molecule has 0 aliphatic heterocycles. The van der Waals surface area contributed by atoms with E-state index < -0.39 is 15.3 Å². The predicted octanol–water partition coefficient (Wildman–Crippen LogP) is 2.12. The average molecular weight is 286 g/mol. The van der Waals surface area contributed by atoms with Crippen LogP contribution >= 0.6 is 11.6 Å². The number of pyridine rings is 1. The van der Waals surface area contributed by atoms with E-state index in [1.165, 1.54) is 24.5 Å². The zero-order valence-electron chi connectivity index (χ0n) is 9.43. The quantitative estimate of drug-likeness (QED) is 0.933. The first-order valence-corrected chi connectivity index (χ1v) is 7.65. The van der Waals surface area contributed by atoms with E-state index in [0.29, 0.717) is 15.8 Å². The first kappa shape index (κ1) is 13.4. The van der Waals surface area contributed by atoms with E-state index in [1.807, 2.05) is 0 Å². The molecular formula is C11H12ClN3O2S-2. The number of nitrogens with one attached hydrogen (secondary N) is 1. The van der Waals surface area contributed by atoms with E-state index in [0.717, 1.165) is 0 Å². The predicted molar refractivity (Wildman–Crippen MR) is 72.2 cm³/mol. The number of aromatic nitrogens is 1. The van der Waals surface area contributed by atoms with Crippen LogP contribution in [0.3, 0.4) is 0 Å². The van der Waals surface area contributed by atoms with E-state index in [4.69, 9.17) is 22.5 Å². The minimum atomic E-state index is -4.95. The van der Waals surface area contributed by atoms with Crippen LogP contribution in [0.15, 0.2) is 35.5 Å². The molecule has 0 radical (unpaired) electrons. The van der Waals surface area contributed by atoms with Crippen LogP contribution in [0.25, 0.3) is 15.9 Å². The summed E-state index contributed by atoms with van der Waals surface area (Å²) < 4.78 is 24.5. The van der Waals surface area contributed by atoms with Crippen molar-refractivity contribution in [2.24, 2.45) is 5.73 Å². The Hall–Kier alpha value is -1.05. The molecule has 0 saturated heterocycles. The molecule has 1 aromatic heterocycles. The Balaban J connectivity index is 2.82. The van der Waals surface area contributed by atoms with Crippen molar-refractivity contribution in [1.29, 1.82) is 0 Å². The number of halogens is 1. The number of benzene rings is 1. The lowest BCUT2D eigenvalue weighted by atomic mass is 10.2. The molecule has 1 heterocycles. The van der Waals surface area contributed by atoms with Crippen molar-refractivity contribution in [2.75, 3.05) is 12.3 Å². The Morgan fingerprint density at radius 3 is 2.78 bits per heavy atom. The maximum Gasteiger partial charge on any atom is 0.0486 e. The fourth-order valence-electron chi connectivity index (χ4n) is 1.81. The Labute approximate surface area is 109 Å². The maximum absolute atomic E-state index is 12.3. The molecule has 0 amide bonds. The molecule has 0 spiro atoms. The minimum absolute atomic E-state index is 0.0926. The first-order valence-electron chi connectivity index (χ1n) is 5.22. The molecule has 2 rings (SSSR count). The second-order valence-electron chi connectivity index (χ2n) is 3.99. The lowest BCUT2D eigenvalue weighted by molar-refractivity contribution is 0.498. The third kappa shape index (κ3) is 2.25. The largest absolute Gasteiger partial charge is 0.781 e. The molecule has 0 aliphatic carbocycles. The highest BCUT2D eigenvalue weighted by Gasteiger charge is 2.14. The number of hydrogen-bond acceptors (Lipinski definition) is 4. The third-order valence-electron chi connectivity index (χ3n) is 2.66. The molecule has 0 aliphatic rings. The van der Waals surface area contributed by atoms with Gasteiger partial charge in [0.1, 0.15) is 0 Å². The molecule has 0 unspecified atom stereocenters. The first-order chi connectivity index (χ1) is 8.33. The standard InChI is InChI=1S/C11H13ClN3O2S/c12-10-1-2-11(18(14,16,17)6-4-13)9-7-15-5-3-8(9)10/h1-3,5,7H,4,6,13H2,(H2-,14,16,17)/q-1/p-1. The monoisotopic (exact) mass is 285 g/mol. The molecule has 2 aromatic rings. The van der Waals surface area contributed by atoms with Gasteiger partial charge in [0.15, 0.2) is 0 Å². The van der Waals surface area contributed by atoms with E-state index in [9.17, 15) is 8.76 Å². The molecule has 1 aromatic carbocycles. The van der Waals surface area contributed by atoms with Crippen LogP contribution in [0, 0.1) is 0 Å². The molecule has 18 heavy (non-hydrogen) atoms. The summed E-state index contributed by atoms with van der Waals surface area (Å²) in [5, 5.41) is 9.05. The fourth-order valence-corrected chi connectivity index (χ4v) is 3.64. The summed E-state index contributed by atoms with van der Waals surface area (Å²) in [6.45, 7) is -0.108. The Kier molecular flexibility index (Phi) is 3.16. The summed E-state index contributed by atoms with van der Waals surface area (Å²) in [6, 6.07) is 4.42. The second kappa shape index (κ2) is 4.25. The molecule has 0 fully saturated rings. The van der Waals surface area contributed by atoms with E-state index in [2.05, 4.69) is 4.98 Å². The zero-order chi connectivity index (χ0) is 13.4. The normalized spacial score (nSPS) is 14.3. The summed E-state index contributed by atoms with van der Waals surface area (Å²) in [5.74, 6) is -0.428. The van der Waals surface area contributed by atoms with Crippen LogP contribution < -0.4 is 5.73 Å². The van der Waals surface area contributed by atoms with Gasteiger partial charge in [-0.25, -0.2) is 0 Å². The van der Waals surface area contributed by atoms with Crippen molar-refractivity contribution in [3.8, 4) is 0 Å². The number of nitrogens with two attached hydrogens (primary N) is 1. The number of rotatable bonds is 3. The highest BCUT2D eigenvalue weighted by atomic mass is 35.5. The molecule has 0 saturated carbocycles. The lowest BCUT2D eigenvalue weighted by Crippen LogP contribution is -2.35. The number of fused-ring (bicyclic) bond motifs is 1. The lowest BCUT2D eigenvalue weighted by Gasteiger charge is -2.60. The summed E-state index contributed by atoms with van der Waals surface area (Å²) >= 11 is 6.00. The minimum Gasteiger partial charge on any atom is -0.781 e. The van der Waals surface area contributed by atoms with Crippen molar-refractivity contribution < 1.29 is 8.76 Å². The van der Waals surface area contributed by atoms with Crippen molar-refractivity contribution in [3.05, 3.63) is 40.8 Å². The number of hydrogen-bond donors (Lipinski definition) is 1. The Morgan fingerprint density at radius 1 is 1.39 bits per heavy atom. The van der Waals surface area contributed by atoms with Crippen molar-refractivity contribution in [2.45, 2.75) is 4.90 Å². The van der Waals surface area contributed by atoms with Crippen molar-refractivity contribution in [1.82, 2.24) is 4.98 Å². The summed E-state index contributed by atoms with van der Waals surface area (Å²) in [5.41, 5.74) is 5.28. The van der Waals surface area contributed by atoms with Crippen molar-refractivity contribution in [3.63, 3.8) is 0 Å². The van der Waals surface area contributed by atoms with Gasteiger partial charge < -0.3 is 25.0 Å². The maximum atomic E-state index is 12.3. The molecule has 0 bridgehead atoms. The van der Waals surface area contributed by atoms with Gasteiger partial charge in [0, 0.05) is 45.4 Å². The van der Waals surface area contributed by atoms with Crippen LogP contribution in [0.5, 0.6) is 0 Å². The van der Waals surface area contributed by atoms with Gasteiger partial charge in [-0.1, -0.05) is 11.6 Å². The molecule has 98 valence electrons. The Bertz CT molecular complexity index is 668. The van der Waals surface area contributed by atoms with Crippen LogP contribution in [-0.4, -0.2) is 26.0 Å². The fraction of sp³-hybridized carbons (Fsp3) is 0.182. The average Bonchev–Trinajstić information content (AvgIpc) is 2.28. The molecule has 5 nitrogen and oxygen atoms in total. The molecule has 0 atom stereocenters. The van der Waals surface area contributed by atoms with E-state index in [1.54, 1.807) is 6.07 Å². The van der Waals surface area contributed by atoms with Gasteiger partial charge >= 0.3 is 0 Å². The summed E-state index contributed by atoms with van der Waals surface area (Å²) in [4.78, 5) is 3.79. The zero-order valence-corrected chi connectivity index (χ0v) is 11.0. The van der Waals surface area contributed by atoms with Gasteiger partial charge in [0.25, 0.3) is 0 Å². The van der Waals surface area contributed by atoms with Crippen LogP contribution in [0.4, 0.5) is 0 Å². The highest BCUT2D eigenvalue weighted by molar-refractivity contribution is 8.16. The highest BCUT2D eigenvalue weighted by Crippen LogP contribution is 2.39. The topological polar surface area (TPSA) is 103 Å². The summed E-state index contributed by atoms with van der Waals surface area (Å²) in [7, 11) is -4.95. The van der Waals surface area contributed by atoms with Gasteiger partial charge in [-0.2, -0.15) is 0 Å². The van der Waals surface area contributed by atoms with Crippen LogP contribution in [0.1, 0.15) is 0 Å². The van der Waals surface area contributed by atoms with Crippen molar-refractivity contribution >= 4 is 31.9 Å². The van der Waals surface area contributed by atoms with E-state index in [-0.39, 0.29) is 11.4 Å².